The lowest BCUT2D eigenvalue weighted by molar-refractivity contribution is 0.212. The van der Waals surface area contributed by atoms with Gasteiger partial charge in [0.05, 0.1) is 0 Å². The molecular formula is C18H24N4O2S. The quantitative estimate of drug-likeness (QED) is 0.900. The van der Waals surface area contributed by atoms with Crippen LogP contribution in [0.15, 0.2) is 53.6 Å². The lowest BCUT2D eigenvalue weighted by atomic mass is 10.1. The second kappa shape index (κ2) is 7.51. The zero-order chi connectivity index (χ0) is 17.9. The topological polar surface area (TPSA) is 79.5 Å². The highest BCUT2D eigenvalue weighted by Crippen LogP contribution is 2.24. The maximum atomic E-state index is 11.9. The van der Waals surface area contributed by atoms with E-state index in [0.717, 1.165) is 32.6 Å². The van der Waals surface area contributed by atoms with E-state index in [0.29, 0.717) is 11.9 Å². The number of aromatic nitrogens is 1. The Hall–Kier alpha value is -1.96. The van der Waals surface area contributed by atoms with Crippen molar-refractivity contribution in [3.8, 4) is 0 Å². The Morgan fingerprint density at radius 2 is 1.88 bits per heavy atom. The van der Waals surface area contributed by atoms with Gasteiger partial charge in [0.25, 0.3) is 0 Å². The number of hydrogen-bond donors (Lipinski definition) is 1. The number of hydrogen-bond acceptors (Lipinski definition) is 5. The highest BCUT2D eigenvalue weighted by atomic mass is 32.2. The summed E-state index contributed by atoms with van der Waals surface area (Å²) >= 11 is 0. The van der Waals surface area contributed by atoms with E-state index in [9.17, 15) is 8.42 Å². The SMILES string of the molecule is CC1CCN(c2ncccc2S(N)(=O)=O)CCN1Cc1ccccc1. The van der Waals surface area contributed by atoms with Gasteiger partial charge in [-0.15, -0.1) is 0 Å². The summed E-state index contributed by atoms with van der Waals surface area (Å²) in [6.07, 6.45) is 2.55. The molecule has 1 fully saturated rings. The maximum Gasteiger partial charge on any atom is 0.241 e. The minimum Gasteiger partial charge on any atom is -0.354 e. The molecular weight excluding hydrogens is 336 g/mol. The van der Waals surface area contributed by atoms with Crippen molar-refractivity contribution in [3.63, 3.8) is 0 Å². The monoisotopic (exact) mass is 360 g/mol. The van der Waals surface area contributed by atoms with Crippen molar-refractivity contribution in [2.75, 3.05) is 24.5 Å². The first kappa shape index (κ1) is 17.8. The van der Waals surface area contributed by atoms with Gasteiger partial charge in [0.15, 0.2) is 0 Å². The van der Waals surface area contributed by atoms with Crippen molar-refractivity contribution in [1.82, 2.24) is 9.88 Å². The molecule has 1 aliphatic rings. The predicted octanol–water partition coefficient (Wildman–Crippen LogP) is 1.83. The number of sulfonamides is 1. The molecule has 1 aromatic carbocycles. The Morgan fingerprint density at radius 1 is 1.12 bits per heavy atom. The Labute approximate surface area is 149 Å². The molecule has 7 heteroatoms. The number of nitrogens with zero attached hydrogens (tertiary/aromatic N) is 3. The minimum atomic E-state index is -3.79. The van der Waals surface area contributed by atoms with Gasteiger partial charge >= 0.3 is 0 Å². The summed E-state index contributed by atoms with van der Waals surface area (Å²) in [5, 5.41) is 5.36. The fraction of sp³-hybridized carbons (Fsp3) is 0.389. The van der Waals surface area contributed by atoms with Crippen LogP contribution in [0, 0.1) is 0 Å². The molecule has 3 rings (SSSR count). The van der Waals surface area contributed by atoms with Gasteiger partial charge in [0.1, 0.15) is 10.7 Å². The number of pyridine rings is 1. The van der Waals surface area contributed by atoms with Crippen molar-refractivity contribution in [3.05, 3.63) is 54.2 Å². The summed E-state index contributed by atoms with van der Waals surface area (Å²) in [5.41, 5.74) is 1.28. The predicted molar refractivity (Wildman–Crippen MR) is 98.8 cm³/mol. The first-order valence-electron chi connectivity index (χ1n) is 8.46. The van der Waals surface area contributed by atoms with Crippen LogP contribution in [0.3, 0.4) is 0 Å². The number of nitrogens with two attached hydrogens (primary N) is 1. The van der Waals surface area contributed by atoms with E-state index in [1.807, 2.05) is 11.0 Å². The zero-order valence-corrected chi connectivity index (χ0v) is 15.2. The summed E-state index contributed by atoms with van der Waals surface area (Å²) in [6.45, 7) is 5.42. The van der Waals surface area contributed by atoms with E-state index in [1.165, 1.54) is 11.6 Å². The number of primary sulfonamides is 1. The van der Waals surface area contributed by atoms with Crippen LogP contribution in [0.25, 0.3) is 0 Å². The molecule has 2 aromatic rings. The molecule has 0 radical (unpaired) electrons. The van der Waals surface area contributed by atoms with Crippen LogP contribution >= 0.6 is 0 Å². The fourth-order valence-corrected chi connectivity index (χ4v) is 3.92. The molecule has 2 N–H and O–H groups in total. The Balaban J connectivity index is 1.78. The molecule has 1 aliphatic heterocycles. The van der Waals surface area contributed by atoms with Crippen LogP contribution in [-0.4, -0.2) is 44.0 Å². The van der Waals surface area contributed by atoms with Crippen LogP contribution in [0.5, 0.6) is 0 Å². The van der Waals surface area contributed by atoms with Crippen molar-refractivity contribution in [2.24, 2.45) is 5.14 Å². The average molecular weight is 360 g/mol. The summed E-state index contributed by atoms with van der Waals surface area (Å²) in [6, 6.07) is 13.9. The van der Waals surface area contributed by atoms with E-state index in [1.54, 1.807) is 12.3 Å². The van der Waals surface area contributed by atoms with Crippen LogP contribution in [0.1, 0.15) is 18.9 Å². The summed E-state index contributed by atoms with van der Waals surface area (Å²) in [7, 11) is -3.79. The van der Waals surface area contributed by atoms with E-state index >= 15 is 0 Å². The Bertz CT molecular complexity index is 811. The Kier molecular flexibility index (Phi) is 5.36. The summed E-state index contributed by atoms with van der Waals surface area (Å²) < 4.78 is 23.7. The van der Waals surface area contributed by atoms with E-state index in [4.69, 9.17) is 5.14 Å². The molecule has 1 unspecified atom stereocenters. The van der Waals surface area contributed by atoms with Crippen LogP contribution in [0.4, 0.5) is 5.82 Å². The first-order chi connectivity index (χ1) is 11.9. The highest BCUT2D eigenvalue weighted by molar-refractivity contribution is 7.89. The third kappa shape index (κ3) is 4.36. The number of anilines is 1. The number of benzene rings is 1. The third-order valence-electron chi connectivity index (χ3n) is 4.68. The summed E-state index contributed by atoms with van der Waals surface area (Å²) in [4.78, 5) is 8.84. The van der Waals surface area contributed by atoms with Crippen LogP contribution in [-0.2, 0) is 16.6 Å². The highest BCUT2D eigenvalue weighted by Gasteiger charge is 2.25. The van der Waals surface area contributed by atoms with E-state index in [2.05, 4.69) is 41.1 Å². The lowest BCUT2D eigenvalue weighted by Crippen LogP contribution is -2.34. The molecule has 2 heterocycles. The van der Waals surface area contributed by atoms with E-state index in [-0.39, 0.29) is 4.90 Å². The average Bonchev–Trinajstić information content (AvgIpc) is 2.78. The van der Waals surface area contributed by atoms with Gasteiger partial charge in [0, 0.05) is 38.4 Å². The molecule has 134 valence electrons. The molecule has 0 aliphatic carbocycles. The minimum absolute atomic E-state index is 0.0964. The largest absolute Gasteiger partial charge is 0.354 e. The molecule has 0 spiro atoms. The molecule has 0 saturated carbocycles. The van der Waals surface area contributed by atoms with Crippen molar-refractivity contribution >= 4 is 15.8 Å². The molecule has 1 saturated heterocycles. The van der Waals surface area contributed by atoms with Crippen molar-refractivity contribution < 1.29 is 8.42 Å². The van der Waals surface area contributed by atoms with Gasteiger partial charge in [-0.05, 0) is 31.0 Å². The summed E-state index contributed by atoms with van der Waals surface area (Å²) in [5.74, 6) is 0.457. The second-order valence-electron chi connectivity index (χ2n) is 6.45. The maximum absolute atomic E-state index is 11.9. The van der Waals surface area contributed by atoms with E-state index < -0.39 is 10.0 Å². The molecule has 0 amide bonds. The smallest absolute Gasteiger partial charge is 0.241 e. The Morgan fingerprint density at radius 3 is 2.60 bits per heavy atom. The first-order valence-corrected chi connectivity index (χ1v) is 10.0. The van der Waals surface area contributed by atoms with Gasteiger partial charge in [-0.3, -0.25) is 4.90 Å². The van der Waals surface area contributed by atoms with Crippen LogP contribution < -0.4 is 10.0 Å². The van der Waals surface area contributed by atoms with Crippen molar-refractivity contribution in [1.29, 1.82) is 0 Å². The third-order valence-corrected chi connectivity index (χ3v) is 5.61. The van der Waals surface area contributed by atoms with Crippen LogP contribution in [0.2, 0.25) is 0 Å². The second-order valence-corrected chi connectivity index (χ2v) is 7.98. The van der Waals surface area contributed by atoms with Gasteiger partial charge in [-0.25, -0.2) is 18.5 Å². The molecule has 25 heavy (non-hydrogen) atoms. The fourth-order valence-electron chi connectivity index (χ4n) is 3.21. The van der Waals surface area contributed by atoms with Gasteiger partial charge in [0.2, 0.25) is 10.0 Å². The normalized spacial score (nSPS) is 19.6. The van der Waals surface area contributed by atoms with Gasteiger partial charge in [-0.2, -0.15) is 0 Å². The molecule has 1 aromatic heterocycles. The lowest BCUT2D eigenvalue weighted by Gasteiger charge is -2.26. The molecule has 0 bridgehead atoms. The van der Waals surface area contributed by atoms with Crippen molar-refractivity contribution in [2.45, 2.75) is 30.8 Å². The number of rotatable bonds is 4. The zero-order valence-electron chi connectivity index (χ0n) is 14.4. The molecule has 6 nitrogen and oxygen atoms in total. The van der Waals surface area contributed by atoms with Gasteiger partial charge in [-0.1, -0.05) is 30.3 Å². The van der Waals surface area contributed by atoms with Gasteiger partial charge < -0.3 is 4.90 Å². The standard InChI is InChI=1S/C18H24N4O2S/c1-15-9-11-21(18-17(25(19,23)24)8-5-10-20-18)12-13-22(15)14-16-6-3-2-4-7-16/h2-8,10,15H,9,11-14H2,1H3,(H2,19,23,24). The molecule has 1 atom stereocenters.